The highest BCUT2D eigenvalue weighted by molar-refractivity contribution is 5.71. The third-order valence-corrected chi connectivity index (χ3v) is 8.88. The van der Waals surface area contributed by atoms with Crippen molar-refractivity contribution in [1.29, 1.82) is 0 Å². The van der Waals surface area contributed by atoms with E-state index in [-0.39, 0.29) is 17.1 Å². The van der Waals surface area contributed by atoms with Crippen LogP contribution in [-0.4, -0.2) is 65.5 Å². The molecular formula is C30H37N7O2. The number of aromatic nitrogens is 3. The van der Waals surface area contributed by atoms with Crippen LogP contribution in [0.15, 0.2) is 48.7 Å². The van der Waals surface area contributed by atoms with Gasteiger partial charge in [-0.05, 0) is 70.1 Å². The number of rotatable bonds is 6. The SMILES string of the molecule is CNCc1cccc(N2c3nc(Nc4ccc(N5[C@@H]6COC[C@H]5C6)cc4)ncc3[C@@]3(C)COC(C)(C)C[C@@H]23)n1. The number of ether oxygens (including phenoxy) is 2. The predicted octanol–water partition coefficient (Wildman–Crippen LogP) is 4.29. The molecule has 9 nitrogen and oxygen atoms in total. The molecule has 2 bridgehead atoms. The Bertz CT molecular complexity index is 1370. The van der Waals surface area contributed by atoms with Crippen LogP contribution in [0.4, 0.5) is 29.0 Å². The number of hydrogen-bond acceptors (Lipinski definition) is 9. The van der Waals surface area contributed by atoms with Crippen molar-refractivity contribution in [2.45, 2.75) is 69.3 Å². The molecule has 0 amide bonds. The van der Waals surface area contributed by atoms with Gasteiger partial charge in [0.1, 0.15) is 11.6 Å². The number of pyridine rings is 1. The molecule has 3 saturated heterocycles. The summed E-state index contributed by atoms with van der Waals surface area (Å²) in [6, 6.07) is 16.0. The lowest BCUT2D eigenvalue weighted by Gasteiger charge is -2.53. The summed E-state index contributed by atoms with van der Waals surface area (Å²) in [5.74, 6) is 2.39. The highest BCUT2D eigenvalue weighted by Gasteiger charge is 2.55. The average molecular weight is 528 g/mol. The first-order valence-electron chi connectivity index (χ1n) is 14.0. The monoisotopic (exact) mass is 527 g/mol. The maximum atomic E-state index is 6.34. The minimum absolute atomic E-state index is 0.164. The van der Waals surface area contributed by atoms with E-state index in [0.29, 0.717) is 31.2 Å². The number of hydrogen-bond donors (Lipinski definition) is 2. The van der Waals surface area contributed by atoms with Gasteiger partial charge in [-0.2, -0.15) is 4.98 Å². The molecule has 6 heterocycles. The molecule has 9 heteroatoms. The lowest BCUT2D eigenvalue weighted by molar-refractivity contribution is -0.0893. The molecule has 0 radical (unpaired) electrons. The molecule has 3 aromatic rings. The number of nitrogens with one attached hydrogen (secondary N) is 2. The number of benzene rings is 1. The average Bonchev–Trinajstić information content (AvgIpc) is 3.17. The van der Waals surface area contributed by atoms with Crippen molar-refractivity contribution in [2.75, 3.05) is 42.0 Å². The second-order valence-corrected chi connectivity index (χ2v) is 12.2. The van der Waals surface area contributed by atoms with Crippen LogP contribution in [0.25, 0.3) is 0 Å². The lowest BCUT2D eigenvalue weighted by atomic mass is 9.73. The summed E-state index contributed by atoms with van der Waals surface area (Å²) in [7, 11) is 1.94. The van der Waals surface area contributed by atoms with Gasteiger partial charge in [0.25, 0.3) is 0 Å². The van der Waals surface area contributed by atoms with Gasteiger partial charge in [-0.15, -0.1) is 0 Å². The molecule has 2 aromatic heterocycles. The van der Waals surface area contributed by atoms with Gasteiger partial charge < -0.3 is 29.9 Å². The largest absolute Gasteiger partial charge is 0.377 e. The van der Waals surface area contributed by atoms with Crippen molar-refractivity contribution < 1.29 is 9.47 Å². The standard InChI is InChI=1S/C30H37N7O2/c1-29(2)13-25-30(3,18-39-29)24-15-32-28(35-27(24)37(25)26-7-5-6-20(33-26)14-31-4)34-19-8-10-21(11-9-19)36-22-12-23(36)17-38-16-22/h5-11,15,22-23,25,31H,12-14,16-18H2,1-4H3,(H,32,34,35)/t22-,23+,25-,30-/m1/s1. The number of fused-ring (bicyclic) bond motifs is 5. The molecule has 0 unspecified atom stereocenters. The molecule has 39 heavy (non-hydrogen) atoms. The van der Waals surface area contributed by atoms with E-state index in [1.165, 1.54) is 12.1 Å². The minimum Gasteiger partial charge on any atom is -0.377 e. The van der Waals surface area contributed by atoms with Crippen LogP contribution in [0, 0.1) is 0 Å². The molecule has 2 N–H and O–H groups in total. The summed E-state index contributed by atoms with van der Waals surface area (Å²) in [6.45, 7) is 9.59. The summed E-state index contributed by atoms with van der Waals surface area (Å²) in [6.07, 6.45) is 4.08. The Morgan fingerprint density at radius 1 is 1.03 bits per heavy atom. The second-order valence-electron chi connectivity index (χ2n) is 12.2. The van der Waals surface area contributed by atoms with E-state index in [2.05, 4.69) is 83.7 Å². The molecule has 1 aromatic carbocycles. The number of morpholine rings is 1. The van der Waals surface area contributed by atoms with E-state index < -0.39 is 0 Å². The van der Waals surface area contributed by atoms with Crippen LogP contribution >= 0.6 is 0 Å². The van der Waals surface area contributed by atoms with Crippen molar-refractivity contribution in [3.63, 3.8) is 0 Å². The maximum Gasteiger partial charge on any atom is 0.229 e. The fourth-order valence-electron chi connectivity index (χ4n) is 6.75. The fourth-order valence-corrected chi connectivity index (χ4v) is 6.75. The molecule has 3 fully saturated rings. The summed E-state index contributed by atoms with van der Waals surface area (Å²) in [4.78, 5) is 19.7. The van der Waals surface area contributed by atoms with Crippen LogP contribution in [0.1, 0.15) is 44.9 Å². The zero-order chi connectivity index (χ0) is 26.8. The van der Waals surface area contributed by atoms with Crippen LogP contribution in [0.3, 0.4) is 0 Å². The summed E-state index contributed by atoms with van der Waals surface area (Å²) >= 11 is 0. The molecular weight excluding hydrogens is 490 g/mol. The molecule has 4 aliphatic heterocycles. The highest BCUT2D eigenvalue weighted by Crippen LogP contribution is 2.53. The van der Waals surface area contributed by atoms with E-state index in [1.54, 1.807) is 0 Å². The van der Waals surface area contributed by atoms with Crippen LogP contribution in [0.2, 0.25) is 0 Å². The van der Waals surface area contributed by atoms with Crippen LogP contribution in [-0.2, 0) is 21.4 Å². The third kappa shape index (κ3) is 4.15. The molecule has 4 atom stereocenters. The normalized spacial score (nSPS) is 28.5. The topological polar surface area (TPSA) is 87.7 Å². The first-order valence-corrected chi connectivity index (χ1v) is 14.0. The lowest BCUT2D eigenvalue weighted by Crippen LogP contribution is -2.64. The van der Waals surface area contributed by atoms with Gasteiger partial charge in [0, 0.05) is 35.1 Å². The smallest absolute Gasteiger partial charge is 0.229 e. The highest BCUT2D eigenvalue weighted by atomic mass is 16.5. The molecule has 0 aliphatic carbocycles. The summed E-state index contributed by atoms with van der Waals surface area (Å²) in [5.41, 5.74) is 3.86. The van der Waals surface area contributed by atoms with Crippen molar-refractivity contribution in [1.82, 2.24) is 20.3 Å². The summed E-state index contributed by atoms with van der Waals surface area (Å²) < 4.78 is 12.0. The zero-order valence-electron chi connectivity index (χ0n) is 23.1. The quantitative estimate of drug-likeness (QED) is 0.487. The Morgan fingerprint density at radius 3 is 2.56 bits per heavy atom. The molecule has 204 valence electrons. The van der Waals surface area contributed by atoms with Crippen molar-refractivity contribution in [3.8, 4) is 0 Å². The van der Waals surface area contributed by atoms with Gasteiger partial charge in [-0.1, -0.05) is 13.0 Å². The molecule has 4 aliphatic rings. The number of anilines is 5. The molecule has 7 rings (SSSR count). The maximum absolute atomic E-state index is 6.34. The molecule has 0 spiro atoms. The van der Waals surface area contributed by atoms with Gasteiger partial charge >= 0.3 is 0 Å². The third-order valence-electron chi connectivity index (χ3n) is 8.88. The van der Waals surface area contributed by atoms with Crippen LogP contribution in [0.5, 0.6) is 0 Å². The molecule has 0 saturated carbocycles. The Hall–Kier alpha value is -3.27. The predicted molar refractivity (Wildman–Crippen MR) is 152 cm³/mol. The second kappa shape index (κ2) is 9.15. The van der Waals surface area contributed by atoms with Gasteiger partial charge in [0.05, 0.1) is 49.2 Å². The van der Waals surface area contributed by atoms with E-state index in [4.69, 9.17) is 24.4 Å². The van der Waals surface area contributed by atoms with E-state index in [9.17, 15) is 0 Å². The van der Waals surface area contributed by atoms with Gasteiger partial charge in [0.2, 0.25) is 5.95 Å². The first kappa shape index (κ1) is 24.7. The van der Waals surface area contributed by atoms with Gasteiger partial charge in [0.15, 0.2) is 0 Å². The van der Waals surface area contributed by atoms with Gasteiger partial charge in [-0.25, -0.2) is 9.97 Å². The van der Waals surface area contributed by atoms with E-state index >= 15 is 0 Å². The Kier molecular flexibility index (Phi) is 5.80. The minimum atomic E-state index is -0.232. The fraction of sp³-hybridized carbons (Fsp3) is 0.500. The Labute approximate surface area is 230 Å². The number of nitrogens with zero attached hydrogens (tertiary/aromatic N) is 5. The van der Waals surface area contributed by atoms with Gasteiger partial charge in [-0.3, -0.25) is 0 Å². The first-order chi connectivity index (χ1) is 18.8. The van der Waals surface area contributed by atoms with Crippen molar-refractivity contribution in [2.24, 2.45) is 0 Å². The van der Waals surface area contributed by atoms with Crippen molar-refractivity contribution >= 4 is 29.0 Å². The van der Waals surface area contributed by atoms with E-state index in [0.717, 1.165) is 48.2 Å². The van der Waals surface area contributed by atoms with Crippen LogP contribution < -0.4 is 20.4 Å². The summed E-state index contributed by atoms with van der Waals surface area (Å²) in [5, 5.41) is 6.66. The van der Waals surface area contributed by atoms with Crippen molar-refractivity contribution in [3.05, 3.63) is 59.9 Å². The Balaban J connectivity index is 1.21. The zero-order valence-corrected chi connectivity index (χ0v) is 23.1. The Morgan fingerprint density at radius 2 is 1.82 bits per heavy atom. The van der Waals surface area contributed by atoms with E-state index in [1.807, 2.05) is 13.2 Å².